The van der Waals surface area contributed by atoms with Crippen molar-refractivity contribution in [3.63, 3.8) is 0 Å². The molecule has 0 spiro atoms. The molecule has 2 aromatic rings. The van der Waals surface area contributed by atoms with Crippen molar-refractivity contribution in [2.45, 2.75) is 26.9 Å². The lowest BCUT2D eigenvalue weighted by atomic mass is 10.1. The Hall–Kier alpha value is -1.85. The van der Waals surface area contributed by atoms with Crippen LogP contribution in [0.15, 0.2) is 18.3 Å². The molecule has 1 aromatic heterocycles. The van der Waals surface area contributed by atoms with Gasteiger partial charge in [0, 0.05) is 23.2 Å². The van der Waals surface area contributed by atoms with Crippen molar-refractivity contribution in [1.82, 2.24) is 4.98 Å². The van der Waals surface area contributed by atoms with Gasteiger partial charge in [-0.05, 0) is 38.5 Å². The normalized spacial score (nSPS) is 12.2. The molecule has 0 bridgehead atoms. The number of aliphatic hydroxyl groups is 1. The maximum atomic E-state index is 12.1. The molecule has 5 nitrogen and oxygen atoms in total. The van der Waals surface area contributed by atoms with Crippen molar-refractivity contribution in [1.29, 1.82) is 0 Å². The minimum atomic E-state index is -0.557. The van der Waals surface area contributed by atoms with Crippen molar-refractivity contribution in [3.8, 4) is 0 Å². The topological polar surface area (TPSA) is 71.5 Å². The minimum Gasteiger partial charge on any atom is -0.462 e. The molecule has 6 heteroatoms. The quantitative estimate of drug-likeness (QED) is 0.827. The summed E-state index contributed by atoms with van der Waals surface area (Å²) in [5.74, 6) is -0.456. The number of esters is 1. The maximum absolute atomic E-state index is 12.1. The second-order valence-corrected chi connectivity index (χ2v) is 5.55. The third kappa shape index (κ3) is 3.48. The molecule has 1 aromatic carbocycles. The van der Waals surface area contributed by atoms with Crippen LogP contribution in [0.5, 0.6) is 0 Å². The van der Waals surface area contributed by atoms with Gasteiger partial charge >= 0.3 is 5.97 Å². The van der Waals surface area contributed by atoms with Gasteiger partial charge in [-0.1, -0.05) is 11.6 Å². The number of aromatic nitrogens is 1. The zero-order valence-electron chi connectivity index (χ0n) is 12.8. The molecule has 1 heterocycles. The smallest absolute Gasteiger partial charge is 0.341 e. The summed E-state index contributed by atoms with van der Waals surface area (Å²) in [5.41, 5.74) is 2.58. The lowest BCUT2D eigenvalue weighted by molar-refractivity contribution is 0.0527. The molecular weight excluding hydrogens is 304 g/mol. The fourth-order valence-corrected chi connectivity index (χ4v) is 2.51. The molecule has 118 valence electrons. The van der Waals surface area contributed by atoms with E-state index in [9.17, 15) is 9.90 Å². The molecular formula is C16H19ClN2O3. The molecule has 22 heavy (non-hydrogen) atoms. The lowest BCUT2D eigenvalue weighted by Gasteiger charge is -2.16. The van der Waals surface area contributed by atoms with Crippen LogP contribution in [0, 0.1) is 6.92 Å². The Morgan fingerprint density at radius 3 is 2.86 bits per heavy atom. The Morgan fingerprint density at radius 2 is 2.23 bits per heavy atom. The monoisotopic (exact) mass is 322 g/mol. The number of aryl methyl sites for hydroxylation is 1. The number of nitrogens with zero attached hydrogens (tertiary/aromatic N) is 1. The highest BCUT2D eigenvalue weighted by Crippen LogP contribution is 2.31. The summed E-state index contributed by atoms with van der Waals surface area (Å²) in [6.45, 7) is 5.90. The van der Waals surface area contributed by atoms with E-state index < -0.39 is 12.1 Å². The van der Waals surface area contributed by atoms with Crippen LogP contribution < -0.4 is 5.32 Å². The molecule has 0 amide bonds. The van der Waals surface area contributed by atoms with E-state index in [0.29, 0.717) is 22.8 Å². The second-order valence-electron chi connectivity index (χ2n) is 5.12. The van der Waals surface area contributed by atoms with Crippen LogP contribution in [0.3, 0.4) is 0 Å². The summed E-state index contributed by atoms with van der Waals surface area (Å²) in [4.78, 5) is 16.5. The summed E-state index contributed by atoms with van der Waals surface area (Å²) in [6.07, 6.45) is 0.935. The zero-order chi connectivity index (χ0) is 16.3. The van der Waals surface area contributed by atoms with Crippen LogP contribution in [0.25, 0.3) is 10.9 Å². The number of hydrogen-bond donors (Lipinski definition) is 2. The Bertz CT molecular complexity index is 701. The van der Waals surface area contributed by atoms with E-state index in [-0.39, 0.29) is 6.61 Å². The van der Waals surface area contributed by atoms with Gasteiger partial charge in [-0.2, -0.15) is 0 Å². The van der Waals surface area contributed by atoms with Gasteiger partial charge in [0.25, 0.3) is 0 Å². The van der Waals surface area contributed by atoms with Gasteiger partial charge in [0.1, 0.15) is 5.56 Å². The number of pyridine rings is 1. The molecule has 0 aliphatic heterocycles. The molecule has 0 radical (unpaired) electrons. The van der Waals surface area contributed by atoms with E-state index in [1.54, 1.807) is 19.9 Å². The summed E-state index contributed by atoms with van der Waals surface area (Å²) >= 11 is 6.13. The molecule has 0 unspecified atom stereocenters. The molecule has 0 saturated heterocycles. The number of aliphatic hydroxyl groups excluding tert-OH is 1. The van der Waals surface area contributed by atoms with Crippen LogP contribution in [-0.4, -0.2) is 35.3 Å². The zero-order valence-corrected chi connectivity index (χ0v) is 13.6. The number of rotatable bonds is 5. The van der Waals surface area contributed by atoms with Crippen LogP contribution in [-0.2, 0) is 4.74 Å². The van der Waals surface area contributed by atoms with Crippen LogP contribution in [0.2, 0.25) is 5.02 Å². The van der Waals surface area contributed by atoms with Crippen molar-refractivity contribution < 1.29 is 14.6 Å². The fraction of sp³-hybridized carbons (Fsp3) is 0.375. The lowest BCUT2D eigenvalue weighted by Crippen LogP contribution is -2.18. The van der Waals surface area contributed by atoms with Crippen LogP contribution in [0.4, 0.5) is 5.69 Å². The first-order chi connectivity index (χ1) is 10.4. The highest BCUT2D eigenvalue weighted by atomic mass is 35.5. The number of benzene rings is 1. The Morgan fingerprint density at radius 1 is 1.50 bits per heavy atom. The third-order valence-corrected chi connectivity index (χ3v) is 3.41. The number of carbonyl (C=O) groups excluding carboxylic acids is 1. The van der Waals surface area contributed by atoms with Gasteiger partial charge < -0.3 is 15.2 Å². The predicted molar refractivity (Wildman–Crippen MR) is 87.6 cm³/mol. The second kappa shape index (κ2) is 6.94. The first-order valence-electron chi connectivity index (χ1n) is 7.12. The van der Waals surface area contributed by atoms with Crippen molar-refractivity contribution in [2.24, 2.45) is 0 Å². The number of anilines is 1. The maximum Gasteiger partial charge on any atom is 0.341 e. The summed E-state index contributed by atoms with van der Waals surface area (Å²) in [6, 6.07) is 3.57. The molecule has 0 fully saturated rings. The van der Waals surface area contributed by atoms with Crippen LogP contribution in [0.1, 0.15) is 29.8 Å². The molecule has 2 rings (SSSR count). The Balaban J connectivity index is 2.63. The number of fused-ring (bicyclic) bond motifs is 1. The van der Waals surface area contributed by atoms with Gasteiger partial charge in [0.2, 0.25) is 0 Å². The van der Waals surface area contributed by atoms with E-state index in [1.807, 2.05) is 13.0 Å². The van der Waals surface area contributed by atoms with E-state index in [1.165, 1.54) is 6.20 Å². The standard InChI is InChI=1S/C16H19ClN2O3/c1-4-22-16(21)13-8-19-14-9(2)5-11(17)6-12(14)15(13)18-7-10(3)20/h5-6,8,10,20H,4,7H2,1-3H3,(H,18,19)/t10-/m0/s1. The third-order valence-electron chi connectivity index (χ3n) is 3.20. The number of carbonyl (C=O) groups is 1. The summed E-state index contributed by atoms with van der Waals surface area (Å²) in [5, 5.41) is 13.9. The van der Waals surface area contributed by atoms with Gasteiger partial charge in [-0.15, -0.1) is 0 Å². The first-order valence-corrected chi connectivity index (χ1v) is 7.49. The Kier molecular flexibility index (Phi) is 5.21. The summed E-state index contributed by atoms with van der Waals surface area (Å²) in [7, 11) is 0. The number of hydrogen-bond acceptors (Lipinski definition) is 5. The number of halogens is 1. The van der Waals surface area contributed by atoms with Crippen molar-refractivity contribution in [2.75, 3.05) is 18.5 Å². The van der Waals surface area contributed by atoms with Crippen molar-refractivity contribution >= 4 is 34.2 Å². The van der Waals surface area contributed by atoms with E-state index in [4.69, 9.17) is 16.3 Å². The van der Waals surface area contributed by atoms with Gasteiger partial charge in [0.05, 0.1) is 23.9 Å². The molecule has 1 atom stereocenters. The number of ether oxygens (including phenoxy) is 1. The van der Waals surface area contributed by atoms with Gasteiger partial charge in [0.15, 0.2) is 0 Å². The largest absolute Gasteiger partial charge is 0.462 e. The first kappa shape index (κ1) is 16.5. The minimum absolute atomic E-state index is 0.279. The Labute approximate surface area is 134 Å². The fourth-order valence-electron chi connectivity index (χ4n) is 2.24. The molecule has 0 saturated carbocycles. The average Bonchev–Trinajstić information content (AvgIpc) is 2.44. The van der Waals surface area contributed by atoms with E-state index in [2.05, 4.69) is 10.3 Å². The highest BCUT2D eigenvalue weighted by Gasteiger charge is 2.18. The SMILES string of the molecule is CCOC(=O)c1cnc2c(C)cc(Cl)cc2c1NC[C@H](C)O. The van der Waals surface area contributed by atoms with E-state index in [0.717, 1.165) is 16.5 Å². The molecule has 0 aliphatic rings. The number of nitrogens with one attached hydrogen (secondary N) is 1. The van der Waals surface area contributed by atoms with Gasteiger partial charge in [-0.3, -0.25) is 4.98 Å². The summed E-state index contributed by atoms with van der Waals surface area (Å²) < 4.78 is 5.07. The highest BCUT2D eigenvalue weighted by molar-refractivity contribution is 6.31. The van der Waals surface area contributed by atoms with Crippen molar-refractivity contribution in [3.05, 3.63) is 34.5 Å². The van der Waals surface area contributed by atoms with Gasteiger partial charge in [-0.25, -0.2) is 4.79 Å². The predicted octanol–water partition coefficient (Wildman–Crippen LogP) is 3.17. The van der Waals surface area contributed by atoms with E-state index >= 15 is 0 Å². The average molecular weight is 323 g/mol. The molecule has 2 N–H and O–H groups in total. The molecule has 0 aliphatic carbocycles. The van der Waals surface area contributed by atoms with Crippen LogP contribution >= 0.6 is 11.6 Å².